The highest BCUT2D eigenvalue weighted by Crippen LogP contribution is 2.58. The normalized spacial score (nSPS) is 32.1. The molecule has 0 N–H and O–H groups in total. The molecule has 3 aliphatic carbocycles. The van der Waals surface area contributed by atoms with Crippen molar-refractivity contribution in [3.8, 4) is 0 Å². The van der Waals surface area contributed by atoms with Gasteiger partial charge in [-0.25, -0.2) is 0 Å². The van der Waals surface area contributed by atoms with Crippen molar-refractivity contribution < 1.29 is 9.59 Å². The van der Waals surface area contributed by atoms with Crippen LogP contribution in [0.15, 0.2) is 24.3 Å². The fourth-order valence-electron chi connectivity index (χ4n) is 4.21. The van der Waals surface area contributed by atoms with Crippen LogP contribution in [0, 0.1) is 5.41 Å². The Labute approximate surface area is 120 Å². The van der Waals surface area contributed by atoms with Gasteiger partial charge in [-0.2, -0.15) is 0 Å². The molecule has 0 aromatic heterocycles. The molecule has 0 aliphatic heterocycles. The summed E-state index contributed by atoms with van der Waals surface area (Å²) in [5.74, 6) is 0.509. The van der Waals surface area contributed by atoms with Gasteiger partial charge in [-0.05, 0) is 63.4 Å². The number of benzene rings is 1. The summed E-state index contributed by atoms with van der Waals surface area (Å²) in [6.07, 6.45) is 6.47. The van der Waals surface area contributed by atoms with E-state index in [-0.39, 0.29) is 16.6 Å². The molecule has 3 fully saturated rings. The van der Waals surface area contributed by atoms with Gasteiger partial charge in [0.05, 0.1) is 0 Å². The highest BCUT2D eigenvalue weighted by Gasteiger charge is 2.51. The van der Waals surface area contributed by atoms with Crippen LogP contribution in [0.5, 0.6) is 0 Å². The van der Waals surface area contributed by atoms with E-state index in [9.17, 15) is 9.59 Å². The zero-order valence-corrected chi connectivity index (χ0v) is 12.4. The van der Waals surface area contributed by atoms with Gasteiger partial charge in [0.1, 0.15) is 5.78 Å². The molecule has 0 spiro atoms. The third-order valence-corrected chi connectivity index (χ3v) is 5.90. The van der Waals surface area contributed by atoms with Gasteiger partial charge in [-0.1, -0.05) is 24.3 Å². The lowest BCUT2D eigenvalue weighted by Gasteiger charge is -2.52. The fourth-order valence-corrected chi connectivity index (χ4v) is 4.21. The standard InChI is InChI=1S/C18H22O2/c1-13(19)15-3-5-16(6-4-15)18-10-7-17(8-11-18,9-12-18)14(2)20/h3-6H,7-12H2,1-2H3. The molecule has 0 saturated heterocycles. The highest BCUT2D eigenvalue weighted by molar-refractivity contribution is 5.94. The quantitative estimate of drug-likeness (QED) is 0.776. The van der Waals surface area contributed by atoms with E-state index >= 15 is 0 Å². The Bertz CT molecular complexity index is 529. The molecule has 2 heteroatoms. The molecule has 4 rings (SSSR count). The highest BCUT2D eigenvalue weighted by atomic mass is 16.1. The van der Waals surface area contributed by atoms with Crippen LogP contribution in [-0.2, 0) is 10.2 Å². The van der Waals surface area contributed by atoms with Gasteiger partial charge in [0.15, 0.2) is 5.78 Å². The maximum absolute atomic E-state index is 11.9. The van der Waals surface area contributed by atoms with E-state index < -0.39 is 0 Å². The van der Waals surface area contributed by atoms with Crippen LogP contribution in [0.3, 0.4) is 0 Å². The van der Waals surface area contributed by atoms with Crippen molar-refractivity contribution in [2.24, 2.45) is 5.41 Å². The summed E-state index contributed by atoms with van der Waals surface area (Å²) in [4.78, 5) is 23.3. The predicted molar refractivity (Wildman–Crippen MR) is 78.9 cm³/mol. The van der Waals surface area contributed by atoms with Crippen molar-refractivity contribution in [2.75, 3.05) is 0 Å². The van der Waals surface area contributed by atoms with Crippen molar-refractivity contribution in [3.63, 3.8) is 0 Å². The zero-order chi connectivity index (χ0) is 14.4. The fraction of sp³-hybridized carbons (Fsp3) is 0.556. The molecule has 106 valence electrons. The molecule has 0 radical (unpaired) electrons. The van der Waals surface area contributed by atoms with E-state index in [1.165, 1.54) is 5.56 Å². The molecule has 0 heterocycles. The minimum Gasteiger partial charge on any atom is -0.299 e. The minimum absolute atomic E-state index is 0.0128. The summed E-state index contributed by atoms with van der Waals surface area (Å²) in [6.45, 7) is 3.37. The molecule has 0 unspecified atom stereocenters. The molecule has 0 amide bonds. The Morgan fingerprint density at radius 3 is 1.75 bits per heavy atom. The molecule has 20 heavy (non-hydrogen) atoms. The summed E-state index contributed by atoms with van der Waals surface area (Å²) in [6, 6.07) is 8.16. The molecular weight excluding hydrogens is 248 g/mol. The van der Waals surface area contributed by atoms with Crippen LogP contribution >= 0.6 is 0 Å². The van der Waals surface area contributed by atoms with E-state index in [1.807, 2.05) is 12.1 Å². The van der Waals surface area contributed by atoms with Crippen LogP contribution in [0.4, 0.5) is 0 Å². The average molecular weight is 270 g/mol. The molecular formula is C18H22O2. The van der Waals surface area contributed by atoms with E-state index in [2.05, 4.69) is 12.1 Å². The van der Waals surface area contributed by atoms with Gasteiger partial charge in [0.25, 0.3) is 0 Å². The summed E-state index contributed by atoms with van der Waals surface area (Å²) >= 11 is 0. The van der Waals surface area contributed by atoms with E-state index in [1.54, 1.807) is 13.8 Å². The van der Waals surface area contributed by atoms with Crippen molar-refractivity contribution in [1.29, 1.82) is 0 Å². The van der Waals surface area contributed by atoms with Crippen molar-refractivity contribution >= 4 is 11.6 Å². The minimum atomic E-state index is -0.0128. The maximum Gasteiger partial charge on any atom is 0.159 e. The van der Waals surface area contributed by atoms with E-state index in [0.717, 1.165) is 44.1 Å². The third kappa shape index (κ3) is 1.93. The second-order valence-electron chi connectivity index (χ2n) is 6.75. The van der Waals surface area contributed by atoms with Gasteiger partial charge in [-0.15, -0.1) is 0 Å². The number of carbonyl (C=O) groups is 2. The van der Waals surface area contributed by atoms with Gasteiger partial charge < -0.3 is 0 Å². The zero-order valence-electron chi connectivity index (χ0n) is 12.4. The lowest BCUT2D eigenvalue weighted by molar-refractivity contribution is -0.133. The van der Waals surface area contributed by atoms with E-state index in [4.69, 9.17) is 0 Å². The first-order chi connectivity index (χ1) is 9.47. The Morgan fingerprint density at radius 2 is 1.35 bits per heavy atom. The van der Waals surface area contributed by atoms with Gasteiger partial charge in [0, 0.05) is 11.0 Å². The van der Waals surface area contributed by atoms with Crippen LogP contribution < -0.4 is 0 Å². The monoisotopic (exact) mass is 270 g/mol. The van der Waals surface area contributed by atoms with Gasteiger partial charge in [-0.3, -0.25) is 9.59 Å². The first-order valence-electron chi connectivity index (χ1n) is 7.60. The Kier molecular flexibility index (Phi) is 3.07. The van der Waals surface area contributed by atoms with Crippen molar-refractivity contribution in [1.82, 2.24) is 0 Å². The summed E-state index contributed by atoms with van der Waals surface area (Å²) in [5.41, 5.74) is 2.39. The molecule has 1 aromatic rings. The predicted octanol–water partition coefficient (Wildman–Crippen LogP) is 4.07. The van der Waals surface area contributed by atoms with Crippen molar-refractivity contribution in [3.05, 3.63) is 35.4 Å². The summed E-state index contributed by atoms with van der Waals surface area (Å²) in [7, 11) is 0. The second kappa shape index (κ2) is 4.54. The Morgan fingerprint density at radius 1 is 0.850 bits per heavy atom. The molecule has 3 saturated carbocycles. The second-order valence-corrected chi connectivity index (χ2v) is 6.75. The lowest BCUT2D eigenvalue weighted by Crippen LogP contribution is -2.47. The number of hydrogen-bond acceptors (Lipinski definition) is 2. The third-order valence-electron chi connectivity index (χ3n) is 5.90. The first-order valence-corrected chi connectivity index (χ1v) is 7.60. The number of carbonyl (C=O) groups excluding carboxylic acids is 2. The van der Waals surface area contributed by atoms with Crippen LogP contribution in [-0.4, -0.2) is 11.6 Å². The topological polar surface area (TPSA) is 34.1 Å². The lowest BCUT2D eigenvalue weighted by atomic mass is 9.51. The van der Waals surface area contributed by atoms with Crippen molar-refractivity contribution in [2.45, 2.75) is 57.8 Å². The summed E-state index contributed by atoms with van der Waals surface area (Å²) < 4.78 is 0. The number of hydrogen-bond donors (Lipinski definition) is 0. The molecule has 0 atom stereocenters. The van der Waals surface area contributed by atoms with Gasteiger partial charge in [0.2, 0.25) is 0 Å². The molecule has 1 aromatic carbocycles. The Balaban J connectivity index is 1.86. The van der Waals surface area contributed by atoms with Crippen LogP contribution in [0.25, 0.3) is 0 Å². The van der Waals surface area contributed by atoms with E-state index in [0.29, 0.717) is 5.78 Å². The SMILES string of the molecule is CC(=O)c1ccc(C23CCC(C(C)=O)(CC2)CC3)cc1. The number of Topliss-reactive ketones (excluding diaryl/α,β-unsaturated/α-hetero) is 2. The number of fused-ring (bicyclic) bond motifs is 3. The number of rotatable bonds is 3. The average Bonchev–Trinajstić information content (AvgIpc) is 2.49. The first kappa shape index (κ1) is 13.5. The van der Waals surface area contributed by atoms with Crippen LogP contribution in [0.1, 0.15) is 68.3 Å². The molecule has 2 bridgehead atoms. The van der Waals surface area contributed by atoms with Crippen LogP contribution in [0.2, 0.25) is 0 Å². The Hall–Kier alpha value is -1.44. The molecule has 2 nitrogen and oxygen atoms in total. The van der Waals surface area contributed by atoms with Gasteiger partial charge >= 0.3 is 0 Å². The summed E-state index contributed by atoms with van der Waals surface area (Å²) in [5, 5.41) is 0. The largest absolute Gasteiger partial charge is 0.299 e. The number of ketones is 2. The smallest absolute Gasteiger partial charge is 0.159 e. The maximum atomic E-state index is 11.9. The molecule has 3 aliphatic rings.